The Hall–Kier alpha value is -2.35. The van der Waals surface area contributed by atoms with Gasteiger partial charge in [0.25, 0.3) is 5.91 Å². The van der Waals surface area contributed by atoms with Crippen molar-refractivity contribution in [1.29, 1.82) is 0 Å². The highest BCUT2D eigenvalue weighted by Gasteiger charge is 2.35. The first-order chi connectivity index (χ1) is 10.2. The lowest BCUT2D eigenvalue weighted by Crippen LogP contribution is -2.37. The number of aromatic nitrogens is 4. The van der Waals surface area contributed by atoms with Crippen molar-refractivity contribution >= 4 is 5.91 Å². The molecule has 0 spiro atoms. The number of aliphatic hydroxyl groups excluding tert-OH is 1. The molecule has 8 heteroatoms. The number of benzene rings is 1. The summed E-state index contributed by atoms with van der Waals surface area (Å²) in [4.78, 5) is 13.7. The molecule has 0 aliphatic carbocycles. The number of hydrogen-bond acceptors (Lipinski definition) is 5. The number of alkyl halides is 1. The van der Waals surface area contributed by atoms with Crippen molar-refractivity contribution in [2.75, 3.05) is 13.2 Å². The van der Waals surface area contributed by atoms with Crippen molar-refractivity contribution in [2.45, 2.75) is 18.6 Å². The number of carbonyl (C=O) groups is 1. The fourth-order valence-electron chi connectivity index (χ4n) is 2.48. The second-order valence-corrected chi connectivity index (χ2v) is 4.93. The molecule has 1 N–H and O–H groups in total. The summed E-state index contributed by atoms with van der Waals surface area (Å²) in [5, 5.41) is 20.1. The third-order valence-electron chi connectivity index (χ3n) is 3.56. The Morgan fingerprint density at radius 1 is 1.38 bits per heavy atom. The third-order valence-corrected chi connectivity index (χ3v) is 3.56. The molecule has 1 aliphatic heterocycles. The van der Waals surface area contributed by atoms with E-state index < -0.39 is 12.2 Å². The zero-order valence-electron chi connectivity index (χ0n) is 11.1. The second-order valence-electron chi connectivity index (χ2n) is 4.93. The number of aliphatic hydroxyl groups is 1. The van der Waals surface area contributed by atoms with Gasteiger partial charge in [-0.25, -0.2) is 9.07 Å². The van der Waals surface area contributed by atoms with Crippen LogP contribution in [0.3, 0.4) is 0 Å². The van der Waals surface area contributed by atoms with E-state index in [0.29, 0.717) is 5.56 Å². The lowest BCUT2D eigenvalue weighted by molar-refractivity contribution is 0.0673. The number of halogens is 1. The van der Waals surface area contributed by atoms with E-state index >= 15 is 0 Å². The number of likely N-dealkylation sites (tertiary alicyclic amines) is 1. The van der Waals surface area contributed by atoms with E-state index in [4.69, 9.17) is 0 Å². The molecule has 110 valence electrons. The number of nitrogens with zero attached hydrogens (tertiary/aromatic N) is 5. The van der Waals surface area contributed by atoms with Crippen molar-refractivity contribution in [2.24, 2.45) is 0 Å². The van der Waals surface area contributed by atoms with Crippen LogP contribution in [0, 0.1) is 0 Å². The number of tetrazole rings is 1. The first-order valence-electron chi connectivity index (χ1n) is 6.58. The third kappa shape index (κ3) is 2.62. The summed E-state index contributed by atoms with van der Waals surface area (Å²) in [6, 6.07) is 6.24. The molecule has 3 rings (SSSR count). The van der Waals surface area contributed by atoms with Gasteiger partial charge in [0.2, 0.25) is 0 Å². The summed E-state index contributed by atoms with van der Waals surface area (Å²) in [7, 11) is 0. The van der Waals surface area contributed by atoms with Crippen LogP contribution in [0.1, 0.15) is 16.8 Å². The Kier molecular flexibility index (Phi) is 3.61. The predicted octanol–water partition coefficient (Wildman–Crippen LogP) is 0.207. The lowest BCUT2D eigenvalue weighted by Gasteiger charge is -2.22. The van der Waals surface area contributed by atoms with Gasteiger partial charge in [-0.15, -0.1) is 5.10 Å². The zero-order chi connectivity index (χ0) is 14.8. The van der Waals surface area contributed by atoms with Gasteiger partial charge >= 0.3 is 0 Å². The fraction of sp³-hybridized carbons (Fsp3) is 0.385. The highest BCUT2D eigenvalue weighted by molar-refractivity contribution is 5.94. The van der Waals surface area contributed by atoms with Gasteiger partial charge in [-0.1, -0.05) is 0 Å². The van der Waals surface area contributed by atoms with Gasteiger partial charge in [-0.05, 0) is 34.7 Å². The van der Waals surface area contributed by atoms with Gasteiger partial charge in [0, 0.05) is 12.0 Å². The molecule has 1 aromatic carbocycles. The molecule has 1 fully saturated rings. The zero-order valence-corrected chi connectivity index (χ0v) is 11.1. The summed E-state index contributed by atoms with van der Waals surface area (Å²) in [5.74, 6) is -0.280. The summed E-state index contributed by atoms with van der Waals surface area (Å²) >= 11 is 0. The van der Waals surface area contributed by atoms with Gasteiger partial charge in [0.15, 0.2) is 0 Å². The largest absolute Gasteiger partial charge is 0.394 e. The molecule has 0 bridgehead atoms. The molecule has 2 heterocycles. The average Bonchev–Trinajstić information content (AvgIpc) is 3.16. The minimum absolute atomic E-state index is 0.0266. The molecule has 1 saturated heterocycles. The molecule has 0 radical (unpaired) electrons. The summed E-state index contributed by atoms with van der Waals surface area (Å²) < 4.78 is 14.9. The smallest absolute Gasteiger partial charge is 0.254 e. The topological polar surface area (TPSA) is 84.1 Å². The number of rotatable bonds is 3. The fourth-order valence-corrected chi connectivity index (χ4v) is 2.48. The molecule has 21 heavy (non-hydrogen) atoms. The van der Waals surface area contributed by atoms with E-state index in [-0.39, 0.29) is 25.5 Å². The molecule has 1 aromatic heterocycles. The second kappa shape index (κ2) is 5.57. The first-order valence-corrected chi connectivity index (χ1v) is 6.58. The maximum atomic E-state index is 13.4. The minimum Gasteiger partial charge on any atom is -0.394 e. The van der Waals surface area contributed by atoms with Gasteiger partial charge in [0.1, 0.15) is 12.5 Å². The molecule has 0 saturated carbocycles. The van der Waals surface area contributed by atoms with Crippen molar-refractivity contribution in [3.8, 4) is 5.69 Å². The van der Waals surface area contributed by atoms with Crippen molar-refractivity contribution in [3.63, 3.8) is 0 Å². The standard InChI is InChI=1S/C13H14FN5O2/c14-10-5-12(7-20)18(6-10)13(21)9-1-3-11(4-2-9)19-8-15-16-17-19/h1-4,8,10,12,20H,5-7H2/t10-,12-/m0/s1. The summed E-state index contributed by atoms with van der Waals surface area (Å²) in [6.07, 6.45) is 0.559. The predicted molar refractivity (Wildman–Crippen MR) is 70.6 cm³/mol. The molecule has 1 aliphatic rings. The van der Waals surface area contributed by atoms with Crippen molar-refractivity contribution in [3.05, 3.63) is 36.2 Å². The van der Waals surface area contributed by atoms with E-state index in [1.54, 1.807) is 24.3 Å². The van der Waals surface area contributed by atoms with Crippen molar-refractivity contribution < 1.29 is 14.3 Å². The Morgan fingerprint density at radius 3 is 2.76 bits per heavy atom. The van der Waals surface area contributed by atoms with Crippen LogP contribution in [-0.2, 0) is 0 Å². The maximum Gasteiger partial charge on any atom is 0.254 e. The van der Waals surface area contributed by atoms with E-state index in [0.717, 1.165) is 5.69 Å². The molecule has 2 aromatic rings. The van der Waals surface area contributed by atoms with Crippen LogP contribution in [-0.4, -0.2) is 61.5 Å². The Morgan fingerprint density at radius 2 is 2.14 bits per heavy atom. The van der Waals surface area contributed by atoms with Crippen LogP contribution >= 0.6 is 0 Å². The van der Waals surface area contributed by atoms with Gasteiger partial charge in [0.05, 0.1) is 24.9 Å². The normalized spacial score (nSPS) is 21.7. The number of amides is 1. The Labute approximate surface area is 120 Å². The van der Waals surface area contributed by atoms with E-state index in [2.05, 4.69) is 15.5 Å². The molecule has 7 nitrogen and oxygen atoms in total. The van der Waals surface area contributed by atoms with E-state index in [1.807, 2.05) is 0 Å². The highest BCUT2D eigenvalue weighted by atomic mass is 19.1. The summed E-state index contributed by atoms with van der Waals surface area (Å²) in [5.41, 5.74) is 1.17. The van der Waals surface area contributed by atoms with Gasteiger partial charge in [-0.3, -0.25) is 4.79 Å². The van der Waals surface area contributed by atoms with Crippen LogP contribution in [0.2, 0.25) is 0 Å². The Balaban J connectivity index is 1.79. The van der Waals surface area contributed by atoms with Gasteiger partial charge < -0.3 is 10.0 Å². The molecule has 0 unspecified atom stereocenters. The van der Waals surface area contributed by atoms with Crippen LogP contribution in [0.15, 0.2) is 30.6 Å². The minimum atomic E-state index is -1.08. The quantitative estimate of drug-likeness (QED) is 0.873. The molecule has 2 atom stereocenters. The van der Waals surface area contributed by atoms with E-state index in [9.17, 15) is 14.3 Å². The van der Waals surface area contributed by atoms with Crippen LogP contribution < -0.4 is 0 Å². The number of hydrogen-bond donors (Lipinski definition) is 1. The Bertz CT molecular complexity index is 616. The van der Waals surface area contributed by atoms with Crippen LogP contribution in [0.25, 0.3) is 5.69 Å². The highest BCUT2D eigenvalue weighted by Crippen LogP contribution is 2.22. The van der Waals surface area contributed by atoms with Crippen LogP contribution in [0.5, 0.6) is 0 Å². The maximum absolute atomic E-state index is 13.4. The summed E-state index contributed by atoms with van der Waals surface area (Å²) in [6.45, 7) is -0.201. The van der Waals surface area contributed by atoms with Crippen molar-refractivity contribution in [1.82, 2.24) is 25.1 Å². The molecular formula is C13H14FN5O2. The van der Waals surface area contributed by atoms with E-state index in [1.165, 1.54) is 15.9 Å². The lowest BCUT2D eigenvalue weighted by atomic mass is 10.1. The average molecular weight is 291 g/mol. The molecular weight excluding hydrogens is 277 g/mol. The van der Waals surface area contributed by atoms with Crippen LogP contribution in [0.4, 0.5) is 4.39 Å². The molecule has 1 amide bonds. The van der Waals surface area contributed by atoms with Gasteiger partial charge in [-0.2, -0.15) is 0 Å². The SMILES string of the molecule is O=C(c1ccc(-n2cnnn2)cc1)N1C[C@@H](F)C[C@H]1CO. The first kappa shape index (κ1) is 13.6. The monoisotopic (exact) mass is 291 g/mol. The number of carbonyl (C=O) groups excluding carboxylic acids is 1.